The number of benzene rings is 1. The van der Waals surface area contributed by atoms with Crippen molar-refractivity contribution in [3.63, 3.8) is 0 Å². The number of nitrogens with one attached hydrogen (secondary N) is 1. The fraction of sp³-hybridized carbons (Fsp3) is 0.412. The van der Waals surface area contributed by atoms with Crippen molar-refractivity contribution in [2.75, 3.05) is 18.5 Å². The zero-order valence-electron chi connectivity index (χ0n) is 13.4. The summed E-state index contributed by atoms with van der Waals surface area (Å²) in [6, 6.07) is 4.04. The van der Waals surface area contributed by atoms with E-state index in [1.807, 2.05) is 6.20 Å². The molecule has 132 valence electrons. The van der Waals surface area contributed by atoms with Crippen molar-refractivity contribution in [1.82, 2.24) is 9.97 Å². The highest BCUT2D eigenvalue weighted by atomic mass is 32.2. The van der Waals surface area contributed by atoms with Gasteiger partial charge in [-0.15, -0.1) is 11.8 Å². The van der Waals surface area contributed by atoms with Gasteiger partial charge in [0.2, 0.25) is 5.95 Å². The first kappa shape index (κ1) is 17.1. The number of anilines is 1. The largest absolute Gasteiger partial charge is 0.381 e. The Bertz CT molecular complexity index is 772. The van der Waals surface area contributed by atoms with Gasteiger partial charge in [-0.2, -0.15) is 0 Å². The third-order valence-electron chi connectivity index (χ3n) is 4.16. The van der Waals surface area contributed by atoms with Gasteiger partial charge >= 0.3 is 0 Å². The predicted octanol–water partition coefficient (Wildman–Crippen LogP) is 4.11. The summed E-state index contributed by atoms with van der Waals surface area (Å²) in [5, 5.41) is 4.30. The second kappa shape index (κ2) is 7.47. The van der Waals surface area contributed by atoms with E-state index < -0.39 is 11.6 Å². The standard InChI is InChI=1S/C17H17F2N3OS2/c18-11-1-2-14(13(19)8-11)24-15-7-10-9-20-17(22-16(10)25-15)21-12-3-5-23-6-4-12/h1-2,8-9,12,15H,3-7H2,(H,20,21,22). The van der Waals surface area contributed by atoms with Crippen LogP contribution >= 0.6 is 23.5 Å². The number of fused-ring (bicyclic) bond motifs is 1. The quantitative estimate of drug-likeness (QED) is 0.804. The molecule has 2 aliphatic heterocycles. The highest BCUT2D eigenvalue weighted by Crippen LogP contribution is 2.44. The van der Waals surface area contributed by atoms with Crippen LogP contribution in [-0.2, 0) is 11.2 Å². The fourth-order valence-electron chi connectivity index (χ4n) is 2.85. The molecule has 1 N–H and O–H groups in total. The average Bonchev–Trinajstić information content (AvgIpc) is 3.00. The van der Waals surface area contributed by atoms with Crippen molar-refractivity contribution in [2.45, 2.75) is 39.8 Å². The summed E-state index contributed by atoms with van der Waals surface area (Å²) in [7, 11) is 0. The van der Waals surface area contributed by atoms with Crippen molar-refractivity contribution in [1.29, 1.82) is 0 Å². The molecule has 4 nitrogen and oxygen atoms in total. The number of aromatic nitrogens is 2. The van der Waals surface area contributed by atoms with Crippen molar-refractivity contribution in [2.24, 2.45) is 0 Å². The van der Waals surface area contributed by atoms with E-state index in [0.717, 1.165) is 49.1 Å². The van der Waals surface area contributed by atoms with E-state index in [4.69, 9.17) is 4.74 Å². The van der Waals surface area contributed by atoms with E-state index in [-0.39, 0.29) is 4.58 Å². The smallest absolute Gasteiger partial charge is 0.223 e. The molecular weight excluding hydrogens is 364 g/mol. The van der Waals surface area contributed by atoms with Gasteiger partial charge in [-0.1, -0.05) is 11.8 Å². The first-order valence-electron chi connectivity index (χ1n) is 8.16. The molecule has 8 heteroatoms. The summed E-state index contributed by atoms with van der Waals surface area (Å²) in [6.45, 7) is 1.53. The summed E-state index contributed by atoms with van der Waals surface area (Å²) in [5.41, 5.74) is 1.07. The maximum Gasteiger partial charge on any atom is 0.223 e. The van der Waals surface area contributed by atoms with E-state index in [1.165, 1.54) is 23.9 Å². The van der Waals surface area contributed by atoms with Gasteiger partial charge in [0.25, 0.3) is 0 Å². The van der Waals surface area contributed by atoms with Gasteiger partial charge in [0, 0.05) is 42.0 Å². The first-order chi connectivity index (χ1) is 12.2. The molecule has 1 aromatic heterocycles. The maximum absolute atomic E-state index is 13.8. The van der Waals surface area contributed by atoms with Gasteiger partial charge in [-0.3, -0.25) is 0 Å². The van der Waals surface area contributed by atoms with Crippen LogP contribution in [0.4, 0.5) is 14.7 Å². The van der Waals surface area contributed by atoms with Crippen LogP contribution in [0.1, 0.15) is 18.4 Å². The Labute approximate surface area is 153 Å². The Morgan fingerprint density at radius 2 is 2.08 bits per heavy atom. The summed E-state index contributed by atoms with van der Waals surface area (Å²) in [4.78, 5) is 9.47. The van der Waals surface area contributed by atoms with Crippen LogP contribution in [0.3, 0.4) is 0 Å². The zero-order valence-corrected chi connectivity index (χ0v) is 15.0. The Morgan fingerprint density at radius 1 is 1.24 bits per heavy atom. The van der Waals surface area contributed by atoms with Crippen molar-refractivity contribution in [3.8, 4) is 0 Å². The van der Waals surface area contributed by atoms with Crippen molar-refractivity contribution >= 4 is 29.5 Å². The second-order valence-electron chi connectivity index (χ2n) is 6.00. The summed E-state index contributed by atoms with van der Waals surface area (Å²) < 4.78 is 32.3. The van der Waals surface area contributed by atoms with E-state index in [9.17, 15) is 8.78 Å². The van der Waals surface area contributed by atoms with Gasteiger partial charge < -0.3 is 10.1 Å². The van der Waals surface area contributed by atoms with Crippen LogP contribution < -0.4 is 5.32 Å². The van der Waals surface area contributed by atoms with Crippen molar-refractivity contribution in [3.05, 3.63) is 41.6 Å². The Kier molecular flexibility index (Phi) is 5.10. The number of hydrogen-bond acceptors (Lipinski definition) is 6. The maximum atomic E-state index is 13.8. The highest BCUT2D eigenvalue weighted by molar-refractivity contribution is 8.17. The van der Waals surface area contributed by atoms with Crippen LogP contribution in [0, 0.1) is 11.6 Å². The van der Waals surface area contributed by atoms with Crippen LogP contribution in [0.15, 0.2) is 34.3 Å². The number of thioether (sulfide) groups is 2. The molecule has 1 fully saturated rings. The predicted molar refractivity (Wildman–Crippen MR) is 95.1 cm³/mol. The molecule has 2 aromatic rings. The van der Waals surface area contributed by atoms with Gasteiger partial charge in [0.15, 0.2) is 0 Å². The summed E-state index contributed by atoms with van der Waals surface area (Å²) >= 11 is 3.01. The SMILES string of the molecule is Fc1ccc(SC2Cc3cnc(NC4CCOCC4)nc3S2)c(F)c1. The van der Waals surface area contributed by atoms with Gasteiger partial charge in [0.1, 0.15) is 16.7 Å². The molecular formula is C17H17F2N3OS2. The third-order valence-corrected chi connectivity index (χ3v) is 6.76. The van der Waals surface area contributed by atoms with E-state index >= 15 is 0 Å². The number of nitrogens with zero attached hydrogens (tertiary/aromatic N) is 2. The second-order valence-corrected chi connectivity index (χ2v) is 8.73. The Hall–Kier alpha value is -1.38. The molecule has 0 spiro atoms. The fourth-order valence-corrected chi connectivity index (χ4v) is 5.43. The Morgan fingerprint density at radius 3 is 2.88 bits per heavy atom. The molecule has 0 bridgehead atoms. The minimum absolute atomic E-state index is 0.114. The number of halogens is 2. The highest BCUT2D eigenvalue weighted by Gasteiger charge is 2.27. The minimum atomic E-state index is -0.557. The third kappa shape index (κ3) is 4.07. The lowest BCUT2D eigenvalue weighted by molar-refractivity contribution is 0.0903. The van der Waals surface area contributed by atoms with E-state index in [1.54, 1.807) is 11.8 Å². The molecule has 1 aromatic carbocycles. The van der Waals surface area contributed by atoms with Gasteiger partial charge in [-0.05, 0) is 31.4 Å². The molecule has 2 aliphatic rings. The zero-order chi connectivity index (χ0) is 17.2. The summed E-state index contributed by atoms with van der Waals surface area (Å²) in [6.07, 6.45) is 4.52. The van der Waals surface area contributed by atoms with Gasteiger partial charge in [-0.25, -0.2) is 18.7 Å². The lowest BCUT2D eigenvalue weighted by atomic mass is 10.1. The molecule has 1 saturated heterocycles. The molecule has 0 saturated carbocycles. The minimum Gasteiger partial charge on any atom is -0.381 e. The molecule has 25 heavy (non-hydrogen) atoms. The molecule has 1 atom stereocenters. The average molecular weight is 381 g/mol. The van der Waals surface area contributed by atoms with E-state index in [2.05, 4.69) is 15.3 Å². The van der Waals surface area contributed by atoms with Crippen LogP contribution in [0.5, 0.6) is 0 Å². The topological polar surface area (TPSA) is 47.0 Å². The monoisotopic (exact) mass is 381 g/mol. The molecule has 0 radical (unpaired) electrons. The lowest BCUT2D eigenvalue weighted by Gasteiger charge is -2.23. The lowest BCUT2D eigenvalue weighted by Crippen LogP contribution is -2.28. The molecule has 0 amide bonds. The molecule has 4 rings (SSSR count). The number of hydrogen-bond donors (Lipinski definition) is 1. The van der Waals surface area contributed by atoms with Crippen LogP contribution in [0.25, 0.3) is 0 Å². The van der Waals surface area contributed by atoms with Crippen LogP contribution in [0.2, 0.25) is 0 Å². The number of ether oxygens (including phenoxy) is 1. The number of rotatable bonds is 4. The Balaban J connectivity index is 1.41. The molecule has 1 unspecified atom stereocenters. The first-order valence-corrected chi connectivity index (χ1v) is 9.92. The van der Waals surface area contributed by atoms with Crippen LogP contribution in [-0.4, -0.2) is 33.8 Å². The van der Waals surface area contributed by atoms with E-state index in [0.29, 0.717) is 16.9 Å². The van der Waals surface area contributed by atoms with Gasteiger partial charge in [0.05, 0.1) is 4.58 Å². The molecule has 0 aliphatic carbocycles. The molecule has 3 heterocycles. The summed E-state index contributed by atoms with van der Waals surface area (Å²) in [5.74, 6) is -0.440. The normalized spacial score (nSPS) is 20.5. The van der Waals surface area contributed by atoms with Crippen molar-refractivity contribution < 1.29 is 13.5 Å².